The second-order valence-electron chi connectivity index (χ2n) is 5.95. The maximum Gasteiger partial charge on any atom is 0.345 e. The summed E-state index contributed by atoms with van der Waals surface area (Å²) in [4.78, 5) is 35.9. The minimum absolute atomic E-state index is 0.0163. The summed E-state index contributed by atoms with van der Waals surface area (Å²) in [6, 6.07) is -0.0502. The number of rotatable bonds is 6. The fraction of sp³-hybridized carbons (Fsp3) is 0.529. The van der Waals surface area contributed by atoms with Crippen LogP contribution in [0.25, 0.3) is 0 Å². The Bertz CT molecular complexity index is 749. The molecule has 130 valence electrons. The van der Waals surface area contributed by atoms with Crippen LogP contribution in [0.3, 0.4) is 0 Å². The van der Waals surface area contributed by atoms with Crippen LogP contribution >= 0.6 is 11.3 Å². The highest BCUT2D eigenvalue weighted by atomic mass is 32.1. The fourth-order valence-electron chi connectivity index (χ4n) is 2.61. The number of amides is 1. The Hall–Kier alpha value is -2.02. The van der Waals surface area contributed by atoms with Crippen molar-refractivity contribution < 1.29 is 4.79 Å². The third-order valence-electron chi connectivity index (χ3n) is 4.14. The molecule has 2 N–H and O–H groups in total. The lowest BCUT2D eigenvalue weighted by molar-refractivity contribution is -0.121. The van der Waals surface area contributed by atoms with Gasteiger partial charge in [-0.1, -0.05) is 6.92 Å². The van der Waals surface area contributed by atoms with Gasteiger partial charge in [0, 0.05) is 22.7 Å². The zero-order chi connectivity index (χ0) is 17.9. The number of nitrogens with zero attached hydrogens (tertiary/aromatic N) is 2. The Morgan fingerprint density at radius 1 is 1.21 bits per heavy atom. The van der Waals surface area contributed by atoms with Crippen molar-refractivity contribution in [1.82, 2.24) is 20.3 Å². The summed E-state index contributed by atoms with van der Waals surface area (Å²) in [6.07, 6.45) is 1.71. The summed E-state index contributed by atoms with van der Waals surface area (Å²) in [7, 11) is 0. The molecule has 0 aliphatic rings. The van der Waals surface area contributed by atoms with E-state index in [0.717, 1.165) is 28.4 Å². The van der Waals surface area contributed by atoms with Crippen molar-refractivity contribution in [1.29, 1.82) is 0 Å². The van der Waals surface area contributed by atoms with E-state index in [4.69, 9.17) is 0 Å². The molecule has 2 heterocycles. The third kappa shape index (κ3) is 4.29. The second-order valence-corrected chi connectivity index (χ2v) is 7.19. The predicted octanol–water partition coefficient (Wildman–Crippen LogP) is 2.66. The number of thiazole rings is 1. The smallest absolute Gasteiger partial charge is 0.345 e. The number of hydrogen-bond acceptors (Lipinski definition) is 5. The van der Waals surface area contributed by atoms with Crippen molar-refractivity contribution in [2.45, 2.75) is 59.9 Å². The Balaban J connectivity index is 2.01. The molecule has 0 unspecified atom stereocenters. The summed E-state index contributed by atoms with van der Waals surface area (Å²) >= 11 is 1.63. The maximum atomic E-state index is 12.3. The maximum absolute atomic E-state index is 12.3. The first-order valence-corrected chi connectivity index (χ1v) is 8.93. The van der Waals surface area contributed by atoms with Crippen LogP contribution in [-0.4, -0.2) is 20.9 Å². The first-order valence-electron chi connectivity index (χ1n) is 8.11. The molecule has 0 radical (unpaired) electrons. The zero-order valence-electron chi connectivity index (χ0n) is 14.8. The molecule has 7 heteroatoms. The molecule has 0 aliphatic carbocycles. The van der Waals surface area contributed by atoms with Gasteiger partial charge in [0.2, 0.25) is 5.91 Å². The first-order chi connectivity index (χ1) is 11.3. The lowest BCUT2D eigenvalue weighted by Crippen LogP contribution is -2.28. The van der Waals surface area contributed by atoms with E-state index in [1.807, 2.05) is 27.7 Å². The molecule has 1 atom stereocenters. The normalized spacial score (nSPS) is 12.2. The number of hydrogen-bond donors (Lipinski definition) is 2. The molecule has 0 saturated heterocycles. The van der Waals surface area contributed by atoms with Crippen molar-refractivity contribution in [3.05, 3.63) is 43.0 Å². The molecule has 2 aromatic heterocycles. The van der Waals surface area contributed by atoms with E-state index in [1.165, 1.54) is 4.88 Å². The standard InChI is InChI=1S/C17H24N4O2S/c1-6-14(16-18-9(2)12(5)24-16)21-15(22)8-7-13-10(3)19-17(23)20-11(13)4/h14H,6-8H2,1-5H3,(H,21,22)(H,19,20,23)/t14-/m1/s1. The lowest BCUT2D eigenvalue weighted by atomic mass is 10.1. The molecule has 1 amide bonds. The highest BCUT2D eigenvalue weighted by Crippen LogP contribution is 2.25. The number of aryl methyl sites for hydroxylation is 4. The second kappa shape index (κ2) is 7.70. The van der Waals surface area contributed by atoms with Crippen LogP contribution in [0.2, 0.25) is 0 Å². The minimum Gasteiger partial charge on any atom is -0.347 e. The van der Waals surface area contributed by atoms with Gasteiger partial charge in [-0.15, -0.1) is 11.3 Å². The molecular weight excluding hydrogens is 324 g/mol. The van der Waals surface area contributed by atoms with Gasteiger partial charge in [0.05, 0.1) is 11.7 Å². The van der Waals surface area contributed by atoms with E-state index >= 15 is 0 Å². The molecule has 0 saturated carbocycles. The molecule has 2 aromatic rings. The van der Waals surface area contributed by atoms with Gasteiger partial charge < -0.3 is 10.3 Å². The van der Waals surface area contributed by atoms with Crippen molar-refractivity contribution in [2.24, 2.45) is 0 Å². The lowest BCUT2D eigenvalue weighted by Gasteiger charge is -2.15. The molecule has 0 aromatic carbocycles. The molecule has 0 bridgehead atoms. The van der Waals surface area contributed by atoms with E-state index < -0.39 is 0 Å². The number of aromatic nitrogens is 3. The van der Waals surface area contributed by atoms with Crippen LogP contribution in [0, 0.1) is 27.7 Å². The molecule has 0 fully saturated rings. The molecular formula is C17H24N4O2S. The predicted molar refractivity (Wildman–Crippen MR) is 95.4 cm³/mol. The highest BCUT2D eigenvalue weighted by molar-refractivity contribution is 7.11. The van der Waals surface area contributed by atoms with E-state index in [9.17, 15) is 9.59 Å². The molecule has 2 rings (SSSR count). The van der Waals surface area contributed by atoms with Crippen LogP contribution in [0.15, 0.2) is 4.79 Å². The number of carbonyl (C=O) groups is 1. The summed E-state index contributed by atoms with van der Waals surface area (Å²) in [5.74, 6) is -0.0163. The van der Waals surface area contributed by atoms with Gasteiger partial charge in [-0.25, -0.2) is 9.78 Å². The topological polar surface area (TPSA) is 87.7 Å². The van der Waals surface area contributed by atoms with Gasteiger partial charge >= 0.3 is 5.69 Å². The Morgan fingerprint density at radius 2 is 1.92 bits per heavy atom. The summed E-state index contributed by atoms with van der Waals surface area (Å²) in [5.41, 5.74) is 3.06. The minimum atomic E-state index is -0.348. The zero-order valence-corrected chi connectivity index (χ0v) is 15.6. The van der Waals surface area contributed by atoms with Gasteiger partial charge in [0.1, 0.15) is 5.01 Å². The average molecular weight is 348 g/mol. The van der Waals surface area contributed by atoms with Crippen LogP contribution in [-0.2, 0) is 11.2 Å². The van der Waals surface area contributed by atoms with Gasteiger partial charge in [0.25, 0.3) is 0 Å². The van der Waals surface area contributed by atoms with Gasteiger partial charge in [-0.2, -0.15) is 4.98 Å². The van der Waals surface area contributed by atoms with Crippen molar-refractivity contribution in [3.63, 3.8) is 0 Å². The van der Waals surface area contributed by atoms with E-state index in [2.05, 4.69) is 20.3 Å². The monoisotopic (exact) mass is 348 g/mol. The molecule has 6 nitrogen and oxygen atoms in total. The van der Waals surface area contributed by atoms with Gasteiger partial charge in [-0.3, -0.25) is 4.79 Å². The highest BCUT2D eigenvalue weighted by Gasteiger charge is 2.18. The first kappa shape index (κ1) is 18.3. The van der Waals surface area contributed by atoms with Crippen molar-refractivity contribution in [3.8, 4) is 0 Å². The summed E-state index contributed by atoms with van der Waals surface area (Å²) in [6.45, 7) is 9.69. The van der Waals surface area contributed by atoms with Crippen LogP contribution in [0.1, 0.15) is 58.3 Å². The van der Waals surface area contributed by atoms with Crippen molar-refractivity contribution in [2.75, 3.05) is 0 Å². The molecule has 0 spiro atoms. The Kier molecular flexibility index (Phi) is 5.88. The van der Waals surface area contributed by atoms with Crippen molar-refractivity contribution >= 4 is 17.2 Å². The largest absolute Gasteiger partial charge is 0.347 e. The third-order valence-corrected chi connectivity index (χ3v) is 5.33. The summed E-state index contributed by atoms with van der Waals surface area (Å²) in [5, 5.41) is 4.02. The Morgan fingerprint density at radius 3 is 2.46 bits per heavy atom. The fourth-order valence-corrected chi connectivity index (χ4v) is 3.67. The van der Waals surface area contributed by atoms with Gasteiger partial charge in [0.15, 0.2) is 0 Å². The SMILES string of the molecule is CC[C@@H](NC(=O)CCc1c(C)nc(=O)[nH]c1C)c1nc(C)c(C)s1. The Labute approximate surface area is 145 Å². The number of aromatic amines is 1. The number of carbonyl (C=O) groups excluding carboxylic acids is 1. The quantitative estimate of drug-likeness (QED) is 0.840. The van der Waals surface area contributed by atoms with Gasteiger partial charge in [-0.05, 0) is 46.1 Å². The number of H-pyrrole nitrogens is 1. The summed E-state index contributed by atoms with van der Waals surface area (Å²) < 4.78 is 0. The van der Waals surface area contributed by atoms with Crippen LogP contribution in [0.5, 0.6) is 0 Å². The van der Waals surface area contributed by atoms with E-state index in [-0.39, 0.29) is 17.6 Å². The van der Waals surface area contributed by atoms with Crippen LogP contribution < -0.4 is 11.0 Å². The van der Waals surface area contributed by atoms with E-state index in [1.54, 1.807) is 18.3 Å². The number of nitrogens with one attached hydrogen (secondary N) is 2. The van der Waals surface area contributed by atoms with E-state index in [0.29, 0.717) is 18.5 Å². The van der Waals surface area contributed by atoms with Crippen LogP contribution in [0.4, 0.5) is 0 Å². The molecule has 24 heavy (non-hydrogen) atoms. The average Bonchev–Trinajstić information content (AvgIpc) is 2.83. The molecule has 0 aliphatic heterocycles.